The van der Waals surface area contributed by atoms with Gasteiger partial charge in [0.2, 0.25) is 15.9 Å². The van der Waals surface area contributed by atoms with Gasteiger partial charge < -0.3 is 15.0 Å². The van der Waals surface area contributed by atoms with Gasteiger partial charge in [-0.25, -0.2) is 12.7 Å². The minimum absolute atomic E-state index is 0.127. The lowest BCUT2D eigenvalue weighted by Gasteiger charge is -2.29. The number of piperidine rings is 1. The summed E-state index contributed by atoms with van der Waals surface area (Å²) in [5.41, 5.74) is 1.82. The highest BCUT2D eigenvalue weighted by molar-refractivity contribution is 7.88. The Balaban J connectivity index is 1.58. The highest BCUT2D eigenvalue weighted by atomic mass is 32.2. The zero-order valence-electron chi connectivity index (χ0n) is 15.1. The average Bonchev–Trinajstić information content (AvgIpc) is 2.96. The summed E-state index contributed by atoms with van der Waals surface area (Å²) in [5.74, 6) is -0.342. The van der Waals surface area contributed by atoms with Crippen molar-refractivity contribution in [1.82, 2.24) is 14.2 Å². The van der Waals surface area contributed by atoms with Crippen LogP contribution in [0.4, 0.5) is 0 Å². The second-order valence-electron chi connectivity index (χ2n) is 6.91. The number of aliphatic hydroxyl groups excluding tert-OH is 1. The van der Waals surface area contributed by atoms with Gasteiger partial charge in [0.25, 0.3) is 0 Å². The summed E-state index contributed by atoms with van der Waals surface area (Å²) >= 11 is 0. The van der Waals surface area contributed by atoms with Crippen LogP contribution in [0.1, 0.15) is 24.5 Å². The van der Waals surface area contributed by atoms with E-state index in [0.717, 1.165) is 16.5 Å². The lowest BCUT2D eigenvalue weighted by Crippen LogP contribution is -2.43. The molecule has 0 bridgehead atoms. The number of nitrogens with one attached hydrogen (secondary N) is 1. The molecule has 0 saturated carbocycles. The third kappa shape index (κ3) is 3.92. The fourth-order valence-corrected chi connectivity index (χ4v) is 4.41. The normalized spacial score (nSPS) is 18.1. The second kappa shape index (κ2) is 7.38. The topological polar surface area (TPSA) is 91.6 Å². The molecule has 0 radical (unpaired) electrons. The number of benzene rings is 1. The summed E-state index contributed by atoms with van der Waals surface area (Å²) in [7, 11) is -1.27. The molecule has 1 unspecified atom stereocenters. The van der Waals surface area contributed by atoms with Crippen LogP contribution in [0, 0.1) is 5.92 Å². The first-order valence-electron chi connectivity index (χ1n) is 8.72. The van der Waals surface area contributed by atoms with E-state index in [4.69, 9.17) is 0 Å². The largest absolute Gasteiger partial charge is 0.386 e. The number of amides is 1. The van der Waals surface area contributed by atoms with Crippen molar-refractivity contribution in [3.63, 3.8) is 0 Å². The van der Waals surface area contributed by atoms with Crippen molar-refractivity contribution in [1.29, 1.82) is 0 Å². The first-order valence-corrected chi connectivity index (χ1v) is 10.6. The standard InChI is InChI=1S/C18H25N3O4S/c1-20-12-15(14-5-3-4-6-16(14)20)17(22)11-19-18(23)13-7-9-21(10-8-13)26(2,24)25/h3-6,12-13,17,22H,7-11H2,1-2H3,(H,19,23). The molecule has 0 aliphatic carbocycles. The SMILES string of the molecule is Cn1cc(C(O)CNC(=O)C2CCN(S(C)(=O)=O)CC2)c2ccccc21. The molecule has 142 valence electrons. The Labute approximate surface area is 153 Å². The Bertz CT molecular complexity index is 898. The van der Waals surface area contributed by atoms with Crippen molar-refractivity contribution in [2.45, 2.75) is 18.9 Å². The molecular weight excluding hydrogens is 354 g/mol. The minimum Gasteiger partial charge on any atom is -0.386 e. The molecule has 1 aliphatic heterocycles. The van der Waals surface area contributed by atoms with Crippen LogP contribution < -0.4 is 5.32 Å². The zero-order chi connectivity index (χ0) is 18.9. The number of nitrogens with zero attached hydrogens (tertiary/aromatic N) is 2. The molecule has 1 fully saturated rings. The number of aliphatic hydroxyl groups is 1. The van der Waals surface area contributed by atoms with Crippen LogP contribution in [0.15, 0.2) is 30.5 Å². The van der Waals surface area contributed by atoms with E-state index in [1.165, 1.54) is 10.6 Å². The highest BCUT2D eigenvalue weighted by Crippen LogP contribution is 2.26. The Morgan fingerprint density at radius 3 is 2.62 bits per heavy atom. The number of aromatic nitrogens is 1. The van der Waals surface area contributed by atoms with E-state index < -0.39 is 16.1 Å². The van der Waals surface area contributed by atoms with E-state index in [-0.39, 0.29) is 18.4 Å². The molecule has 1 amide bonds. The predicted octanol–water partition coefficient (Wildman–Crippen LogP) is 1.000. The maximum Gasteiger partial charge on any atom is 0.223 e. The predicted molar refractivity (Wildman–Crippen MR) is 100 cm³/mol. The second-order valence-corrected chi connectivity index (χ2v) is 8.89. The van der Waals surface area contributed by atoms with Gasteiger partial charge in [0.1, 0.15) is 0 Å². The first kappa shape index (κ1) is 18.9. The van der Waals surface area contributed by atoms with Crippen molar-refractivity contribution in [2.75, 3.05) is 25.9 Å². The molecule has 1 aliphatic rings. The molecule has 1 saturated heterocycles. The number of carbonyl (C=O) groups excluding carboxylic acids is 1. The summed E-state index contributed by atoms with van der Waals surface area (Å²) in [6.07, 6.45) is 3.29. The fraction of sp³-hybridized carbons (Fsp3) is 0.500. The van der Waals surface area contributed by atoms with Gasteiger partial charge in [-0.2, -0.15) is 0 Å². The Morgan fingerprint density at radius 2 is 1.96 bits per heavy atom. The van der Waals surface area contributed by atoms with Gasteiger partial charge in [-0.3, -0.25) is 4.79 Å². The smallest absolute Gasteiger partial charge is 0.223 e. The molecule has 3 rings (SSSR count). The number of hydrogen-bond acceptors (Lipinski definition) is 4. The van der Waals surface area contributed by atoms with Crippen molar-refractivity contribution in [3.05, 3.63) is 36.0 Å². The van der Waals surface area contributed by atoms with E-state index in [0.29, 0.717) is 25.9 Å². The maximum atomic E-state index is 12.4. The molecule has 2 aromatic rings. The van der Waals surface area contributed by atoms with E-state index in [1.807, 2.05) is 42.1 Å². The number of sulfonamides is 1. The van der Waals surface area contributed by atoms with Crippen LogP contribution in [-0.2, 0) is 21.9 Å². The van der Waals surface area contributed by atoms with Gasteiger partial charge in [0.05, 0.1) is 12.4 Å². The van der Waals surface area contributed by atoms with Crippen molar-refractivity contribution < 1.29 is 18.3 Å². The van der Waals surface area contributed by atoms with E-state index in [9.17, 15) is 18.3 Å². The molecule has 26 heavy (non-hydrogen) atoms. The third-order valence-corrected chi connectivity index (χ3v) is 6.35. The van der Waals surface area contributed by atoms with Gasteiger partial charge in [-0.1, -0.05) is 18.2 Å². The van der Waals surface area contributed by atoms with Crippen LogP contribution in [-0.4, -0.2) is 54.2 Å². The van der Waals surface area contributed by atoms with Crippen LogP contribution in [0.2, 0.25) is 0 Å². The average molecular weight is 379 g/mol. The summed E-state index contributed by atoms with van der Waals surface area (Å²) < 4.78 is 26.4. The Kier molecular flexibility index (Phi) is 5.36. The summed E-state index contributed by atoms with van der Waals surface area (Å²) in [4.78, 5) is 12.4. The monoisotopic (exact) mass is 379 g/mol. The first-order chi connectivity index (χ1) is 12.3. The molecule has 1 aromatic heterocycles. The van der Waals surface area contributed by atoms with E-state index in [2.05, 4.69) is 5.32 Å². The highest BCUT2D eigenvalue weighted by Gasteiger charge is 2.29. The number of hydrogen-bond donors (Lipinski definition) is 2. The van der Waals surface area contributed by atoms with Crippen molar-refractivity contribution in [3.8, 4) is 0 Å². The molecular formula is C18H25N3O4S. The van der Waals surface area contributed by atoms with Crippen LogP contribution in [0.5, 0.6) is 0 Å². The van der Waals surface area contributed by atoms with Crippen LogP contribution in [0.3, 0.4) is 0 Å². The minimum atomic E-state index is -3.20. The number of carbonyl (C=O) groups is 1. The van der Waals surface area contributed by atoms with Crippen molar-refractivity contribution in [2.24, 2.45) is 13.0 Å². The molecule has 1 aromatic carbocycles. The van der Waals surface area contributed by atoms with E-state index in [1.54, 1.807) is 0 Å². The number of para-hydroxylation sites is 1. The summed E-state index contributed by atoms with van der Waals surface area (Å²) in [6, 6.07) is 7.81. The van der Waals surface area contributed by atoms with Crippen molar-refractivity contribution >= 4 is 26.8 Å². The number of rotatable bonds is 5. The lowest BCUT2D eigenvalue weighted by atomic mass is 9.97. The quantitative estimate of drug-likeness (QED) is 0.811. The van der Waals surface area contributed by atoms with Gasteiger partial charge in [0.15, 0.2) is 0 Å². The Hall–Kier alpha value is -1.90. The van der Waals surface area contributed by atoms with Gasteiger partial charge in [-0.15, -0.1) is 0 Å². The molecule has 2 N–H and O–H groups in total. The lowest BCUT2D eigenvalue weighted by molar-refractivity contribution is -0.126. The van der Waals surface area contributed by atoms with Gasteiger partial charge in [0, 0.05) is 55.3 Å². The molecule has 7 nitrogen and oxygen atoms in total. The summed E-state index contributed by atoms with van der Waals surface area (Å²) in [6.45, 7) is 0.866. The Morgan fingerprint density at radius 1 is 1.31 bits per heavy atom. The molecule has 0 spiro atoms. The van der Waals surface area contributed by atoms with Gasteiger partial charge >= 0.3 is 0 Å². The fourth-order valence-electron chi connectivity index (χ4n) is 3.54. The van der Waals surface area contributed by atoms with Crippen LogP contribution >= 0.6 is 0 Å². The number of fused-ring (bicyclic) bond motifs is 1. The van der Waals surface area contributed by atoms with Crippen LogP contribution in [0.25, 0.3) is 10.9 Å². The summed E-state index contributed by atoms with van der Waals surface area (Å²) in [5, 5.41) is 14.3. The van der Waals surface area contributed by atoms with Gasteiger partial charge in [-0.05, 0) is 18.9 Å². The zero-order valence-corrected chi connectivity index (χ0v) is 15.9. The molecule has 2 heterocycles. The maximum absolute atomic E-state index is 12.4. The molecule has 8 heteroatoms. The number of aryl methyl sites for hydroxylation is 1. The third-order valence-electron chi connectivity index (χ3n) is 5.05. The van der Waals surface area contributed by atoms with E-state index >= 15 is 0 Å². The molecule has 1 atom stereocenters.